The number of benzene rings is 1. The minimum atomic E-state index is -5.02. The Morgan fingerprint density at radius 2 is 1.60 bits per heavy atom. The van der Waals surface area contributed by atoms with Gasteiger partial charge in [0.1, 0.15) is 13.2 Å². The lowest BCUT2D eigenvalue weighted by Crippen LogP contribution is -2.46. The molecular weight excluding hydrogens is 652 g/mol. The molecule has 3 aromatic rings. The van der Waals surface area contributed by atoms with Crippen molar-refractivity contribution in [3.8, 4) is 11.6 Å². The summed E-state index contributed by atoms with van der Waals surface area (Å²) in [5.41, 5.74) is -2.31. The number of halogens is 6. The molecule has 3 heterocycles. The summed E-state index contributed by atoms with van der Waals surface area (Å²) in [5, 5.41) is 3.18. The number of rotatable bonds is 13. The van der Waals surface area contributed by atoms with Gasteiger partial charge >= 0.3 is 18.4 Å². The Kier molecular flexibility index (Phi) is 11.9. The molecule has 48 heavy (non-hydrogen) atoms. The predicted molar refractivity (Wildman–Crippen MR) is 160 cm³/mol. The molecule has 0 saturated carbocycles. The van der Waals surface area contributed by atoms with E-state index in [0.29, 0.717) is 36.4 Å². The first-order valence-electron chi connectivity index (χ1n) is 14.8. The molecule has 0 bridgehead atoms. The number of aromatic nitrogens is 3. The van der Waals surface area contributed by atoms with Crippen LogP contribution in [0.3, 0.4) is 0 Å². The first-order valence-corrected chi connectivity index (χ1v) is 14.8. The number of amides is 1. The Hall–Kier alpha value is -4.38. The van der Waals surface area contributed by atoms with E-state index in [1.165, 1.54) is 32.4 Å². The highest BCUT2D eigenvalue weighted by Gasteiger charge is 2.39. The third kappa shape index (κ3) is 8.94. The number of nitrogens with zero attached hydrogens (tertiary/aromatic N) is 4. The molecule has 1 aliphatic rings. The number of ether oxygens (including phenoxy) is 5. The molecule has 0 radical (unpaired) electrons. The first kappa shape index (κ1) is 36.5. The smallest absolute Gasteiger partial charge is 0.416 e. The van der Waals surface area contributed by atoms with Crippen LogP contribution in [0.25, 0.3) is 0 Å². The first-order chi connectivity index (χ1) is 22.8. The molecule has 17 heteroatoms. The number of pyridine rings is 1. The molecule has 2 unspecified atom stereocenters. The SMILES string of the molecule is CCC1CC(Nc2ncc(OCCOC)c(Cc3cc(C(F)(F)F)cc(C(F)(F)F)c3)n2)c2nc(OC)ccc2N1C(=O)OCCOC. The molecule has 262 valence electrons. The normalized spacial score (nSPS) is 16.3. The highest BCUT2D eigenvalue weighted by Crippen LogP contribution is 2.41. The fraction of sp³-hybridized carbons (Fsp3) is 0.484. The van der Waals surface area contributed by atoms with Crippen molar-refractivity contribution in [3.63, 3.8) is 0 Å². The zero-order valence-electron chi connectivity index (χ0n) is 26.6. The molecule has 1 amide bonds. The standard InChI is InChI=1S/C31H35F6N5O6/c1-5-21-16-23(27-24(6-7-26(41-27)46-4)42(21)29(43)48-11-9-45-3)40-28-38-17-25(47-10-8-44-2)22(39-28)14-18-12-19(30(32,33)34)15-20(13-18)31(35,36)37/h6-7,12-13,15,17,21,23H,5,8-11,14,16H2,1-4H3,(H,38,39,40). The van der Waals surface area contributed by atoms with Gasteiger partial charge in [0.25, 0.3) is 0 Å². The molecule has 11 nitrogen and oxygen atoms in total. The van der Waals surface area contributed by atoms with Crippen LogP contribution in [0.15, 0.2) is 36.5 Å². The van der Waals surface area contributed by atoms with Gasteiger partial charge in [0.05, 0.1) is 60.8 Å². The number of anilines is 2. The van der Waals surface area contributed by atoms with Gasteiger partial charge in [0, 0.05) is 32.7 Å². The summed E-state index contributed by atoms with van der Waals surface area (Å²) in [6.07, 6.45) is -8.96. The maximum Gasteiger partial charge on any atom is 0.416 e. The lowest BCUT2D eigenvalue weighted by molar-refractivity contribution is -0.143. The van der Waals surface area contributed by atoms with Crippen molar-refractivity contribution >= 4 is 17.7 Å². The van der Waals surface area contributed by atoms with E-state index in [0.717, 1.165) is 0 Å². The van der Waals surface area contributed by atoms with E-state index in [-0.39, 0.29) is 67.4 Å². The van der Waals surface area contributed by atoms with Gasteiger partial charge in [-0.05, 0) is 42.7 Å². The fourth-order valence-electron chi connectivity index (χ4n) is 5.14. The molecule has 0 saturated heterocycles. The maximum atomic E-state index is 13.6. The van der Waals surface area contributed by atoms with Crippen molar-refractivity contribution in [2.24, 2.45) is 0 Å². The Morgan fingerprint density at radius 1 is 0.938 bits per heavy atom. The van der Waals surface area contributed by atoms with Gasteiger partial charge in [0.2, 0.25) is 11.8 Å². The number of hydrogen-bond acceptors (Lipinski definition) is 10. The number of nitrogens with one attached hydrogen (secondary N) is 1. The minimum Gasteiger partial charge on any atom is -0.488 e. The van der Waals surface area contributed by atoms with Gasteiger partial charge in [0.15, 0.2) is 5.75 Å². The Balaban J connectivity index is 1.73. The lowest BCUT2D eigenvalue weighted by atomic mass is 9.93. The van der Waals surface area contributed by atoms with Crippen molar-refractivity contribution in [1.82, 2.24) is 15.0 Å². The minimum absolute atomic E-state index is 0.00124. The second-order valence-electron chi connectivity index (χ2n) is 10.7. The molecule has 0 fully saturated rings. The van der Waals surface area contributed by atoms with Gasteiger partial charge in [-0.3, -0.25) is 4.90 Å². The van der Waals surface area contributed by atoms with Crippen LogP contribution in [0, 0.1) is 0 Å². The Labute approximate surface area is 272 Å². The van der Waals surface area contributed by atoms with Crippen LogP contribution in [0.2, 0.25) is 0 Å². The van der Waals surface area contributed by atoms with E-state index in [9.17, 15) is 31.1 Å². The monoisotopic (exact) mass is 687 g/mol. The van der Waals surface area contributed by atoms with E-state index in [2.05, 4.69) is 20.3 Å². The summed E-state index contributed by atoms with van der Waals surface area (Å²) >= 11 is 0. The largest absolute Gasteiger partial charge is 0.488 e. The van der Waals surface area contributed by atoms with Crippen LogP contribution in [-0.4, -0.2) is 74.8 Å². The van der Waals surface area contributed by atoms with E-state index in [4.69, 9.17) is 23.7 Å². The van der Waals surface area contributed by atoms with Crippen LogP contribution in [0.4, 0.5) is 42.8 Å². The average Bonchev–Trinajstić information content (AvgIpc) is 3.04. The number of hydrogen-bond donors (Lipinski definition) is 1. The maximum absolute atomic E-state index is 13.6. The van der Waals surface area contributed by atoms with E-state index >= 15 is 0 Å². The zero-order valence-corrected chi connectivity index (χ0v) is 26.6. The molecule has 1 N–H and O–H groups in total. The summed E-state index contributed by atoms with van der Waals surface area (Å²) in [4.78, 5) is 28.0. The average molecular weight is 688 g/mol. The van der Waals surface area contributed by atoms with Gasteiger partial charge in [-0.15, -0.1) is 0 Å². The van der Waals surface area contributed by atoms with Crippen LogP contribution < -0.4 is 19.7 Å². The summed E-state index contributed by atoms with van der Waals surface area (Å²) in [7, 11) is 4.35. The number of alkyl halides is 6. The highest BCUT2D eigenvalue weighted by atomic mass is 19.4. The molecule has 0 aliphatic carbocycles. The van der Waals surface area contributed by atoms with Crippen molar-refractivity contribution in [2.75, 3.05) is 58.0 Å². The topological polar surface area (TPSA) is 117 Å². The van der Waals surface area contributed by atoms with E-state index < -0.39 is 42.0 Å². The molecule has 2 atom stereocenters. The fourth-order valence-corrected chi connectivity index (χ4v) is 5.14. The lowest BCUT2D eigenvalue weighted by Gasteiger charge is -2.39. The van der Waals surface area contributed by atoms with Crippen molar-refractivity contribution < 1.29 is 54.8 Å². The molecular formula is C31H35F6N5O6. The third-order valence-electron chi connectivity index (χ3n) is 7.43. The Bertz CT molecular complexity index is 1530. The molecule has 1 aromatic carbocycles. The summed E-state index contributed by atoms with van der Waals surface area (Å²) < 4.78 is 108. The number of carbonyl (C=O) groups is 1. The second-order valence-corrected chi connectivity index (χ2v) is 10.7. The van der Waals surface area contributed by atoms with Gasteiger partial charge < -0.3 is 29.0 Å². The van der Waals surface area contributed by atoms with E-state index in [1.807, 2.05) is 6.92 Å². The van der Waals surface area contributed by atoms with Crippen molar-refractivity contribution in [2.45, 2.75) is 50.6 Å². The van der Waals surface area contributed by atoms with Crippen LogP contribution >= 0.6 is 0 Å². The van der Waals surface area contributed by atoms with Crippen LogP contribution in [0.1, 0.15) is 53.9 Å². The molecule has 1 aliphatic heterocycles. The number of methoxy groups -OCH3 is 3. The molecule has 0 spiro atoms. The van der Waals surface area contributed by atoms with Gasteiger partial charge in [-0.2, -0.15) is 26.3 Å². The zero-order chi connectivity index (χ0) is 35.1. The summed E-state index contributed by atoms with van der Waals surface area (Å²) in [6, 6.07) is 3.65. The predicted octanol–water partition coefficient (Wildman–Crippen LogP) is 6.46. The second kappa shape index (κ2) is 15.7. The highest BCUT2D eigenvalue weighted by molar-refractivity contribution is 5.90. The van der Waals surface area contributed by atoms with Crippen LogP contribution in [-0.2, 0) is 33.0 Å². The third-order valence-corrected chi connectivity index (χ3v) is 7.43. The molecule has 4 rings (SSSR count). The number of carbonyl (C=O) groups excluding carboxylic acids is 1. The quantitative estimate of drug-likeness (QED) is 0.159. The summed E-state index contributed by atoms with van der Waals surface area (Å²) in [6.45, 7) is 2.30. The van der Waals surface area contributed by atoms with Gasteiger partial charge in [-0.1, -0.05) is 6.92 Å². The van der Waals surface area contributed by atoms with Crippen LogP contribution in [0.5, 0.6) is 11.6 Å². The summed E-state index contributed by atoms with van der Waals surface area (Å²) in [5.74, 6) is 0.305. The number of fused-ring (bicyclic) bond motifs is 1. The Morgan fingerprint density at radius 3 is 2.21 bits per heavy atom. The van der Waals surface area contributed by atoms with Crippen molar-refractivity contribution in [3.05, 3.63) is 64.6 Å². The van der Waals surface area contributed by atoms with Crippen molar-refractivity contribution in [1.29, 1.82) is 0 Å². The molecule has 2 aromatic heterocycles. The van der Waals surface area contributed by atoms with Gasteiger partial charge in [-0.25, -0.2) is 19.7 Å². The van der Waals surface area contributed by atoms with E-state index in [1.54, 1.807) is 12.1 Å².